The molecule has 1 heterocycles. The zero-order valence-corrected chi connectivity index (χ0v) is 22.1. The Kier molecular flexibility index (Phi) is 8.05. The minimum absolute atomic E-state index is 0.0628. The molecule has 0 spiro atoms. The summed E-state index contributed by atoms with van der Waals surface area (Å²) in [6.45, 7) is 2.35. The molecule has 1 aliphatic heterocycles. The van der Waals surface area contributed by atoms with Crippen LogP contribution in [0.15, 0.2) is 90.0 Å². The molecule has 1 amide bonds. The van der Waals surface area contributed by atoms with E-state index in [1.54, 1.807) is 12.1 Å². The van der Waals surface area contributed by atoms with Crippen LogP contribution in [0.1, 0.15) is 45.8 Å². The normalized spacial score (nSPS) is 13.9. The number of anilines is 1. The highest BCUT2D eigenvalue weighted by Gasteiger charge is 2.26. The van der Waals surface area contributed by atoms with Crippen LogP contribution >= 0.6 is 0 Å². The van der Waals surface area contributed by atoms with Gasteiger partial charge in [0.15, 0.2) is 0 Å². The summed E-state index contributed by atoms with van der Waals surface area (Å²) in [5, 5.41) is 24.9. The number of nitrogens with zero attached hydrogens (tertiary/aromatic N) is 3. The second kappa shape index (κ2) is 11.8. The summed E-state index contributed by atoms with van der Waals surface area (Å²) in [6.07, 6.45) is 1.83. The van der Waals surface area contributed by atoms with Crippen LogP contribution in [0.4, 0.5) is 5.69 Å². The van der Waals surface area contributed by atoms with E-state index in [1.807, 2.05) is 66.5 Å². The Labute approximate surface area is 229 Å². The third kappa shape index (κ3) is 5.87. The molecule has 4 aromatic carbocycles. The first-order valence-corrected chi connectivity index (χ1v) is 13.3. The van der Waals surface area contributed by atoms with Crippen LogP contribution in [0, 0.1) is 5.53 Å². The highest BCUT2D eigenvalue weighted by atomic mass is 16.4. The molecule has 8 heteroatoms. The molecule has 39 heavy (non-hydrogen) atoms. The lowest BCUT2D eigenvalue weighted by atomic mass is 9.77. The van der Waals surface area contributed by atoms with Gasteiger partial charge in [-0.3, -0.25) is 4.79 Å². The molecule has 3 N–H and O–H groups in total. The molecule has 1 saturated heterocycles. The largest absolute Gasteiger partial charge is 0.488 e. The highest BCUT2D eigenvalue weighted by molar-refractivity contribution is 6.59. The number of fused-ring (bicyclic) bond motifs is 1. The van der Waals surface area contributed by atoms with E-state index < -0.39 is 7.12 Å². The summed E-state index contributed by atoms with van der Waals surface area (Å²) < 4.78 is 0. The molecule has 0 saturated carbocycles. The van der Waals surface area contributed by atoms with Gasteiger partial charge in [-0.05, 0) is 69.9 Å². The first-order valence-electron chi connectivity index (χ1n) is 13.3. The molecule has 0 radical (unpaired) electrons. The Morgan fingerprint density at radius 2 is 1.77 bits per heavy atom. The predicted octanol–water partition coefficient (Wildman–Crippen LogP) is 4.71. The van der Waals surface area contributed by atoms with Crippen LogP contribution in [0.5, 0.6) is 0 Å². The fourth-order valence-electron chi connectivity index (χ4n) is 5.59. The summed E-state index contributed by atoms with van der Waals surface area (Å²) in [6, 6.07) is 27.6. The Morgan fingerprint density at radius 1 is 1.00 bits per heavy atom. The molecule has 1 fully saturated rings. The molecular weight excluding hydrogens is 487 g/mol. The second-order valence-corrected chi connectivity index (χ2v) is 10.3. The van der Waals surface area contributed by atoms with Crippen molar-refractivity contribution in [1.82, 2.24) is 4.90 Å². The number of hydrogen-bond acceptors (Lipinski definition) is 6. The zero-order valence-electron chi connectivity index (χ0n) is 22.1. The topological polar surface area (TPSA) is 100 Å². The number of carbonyl (C=O) groups is 1. The van der Waals surface area contributed by atoms with Crippen molar-refractivity contribution in [2.75, 3.05) is 25.0 Å². The summed E-state index contributed by atoms with van der Waals surface area (Å²) in [5.74, 6) is 0.468. The first kappa shape index (κ1) is 26.6. The van der Waals surface area contributed by atoms with Crippen molar-refractivity contribution < 1.29 is 14.8 Å². The minimum Gasteiger partial charge on any atom is -0.423 e. The van der Waals surface area contributed by atoms with Crippen molar-refractivity contribution in [2.45, 2.75) is 31.8 Å². The van der Waals surface area contributed by atoms with Gasteiger partial charge in [0.1, 0.15) is 0 Å². The summed E-state index contributed by atoms with van der Waals surface area (Å²) >= 11 is 0. The minimum atomic E-state index is -1.51. The molecule has 7 nitrogen and oxygen atoms in total. The van der Waals surface area contributed by atoms with Gasteiger partial charge < -0.3 is 19.8 Å². The molecule has 4 aromatic rings. The van der Waals surface area contributed by atoms with Gasteiger partial charge in [-0.1, -0.05) is 66.7 Å². The maximum atomic E-state index is 13.6. The molecular formula is C31H33BN4O3. The maximum Gasteiger partial charge on any atom is 0.488 e. The lowest BCUT2D eigenvalue weighted by Crippen LogP contribution is -2.38. The van der Waals surface area contributed by atoms with E-state index in [2.05, 4.69) is 28.2 Å². The standard InChI is InChI=1S/C31H33BN4O3/c1-35(21-26-7-2-3-11-30(26)32(38)39)27-12-13-28-25(19-27)9-5-10-29(28)31(37)36-16-14-23(15-17-36)24-8-4-6-22(18-24)20-34-33/h2-13,18-19,23,33,38-39H,14-17,20-21H2,1H3. The molecule has 198 valence electrons. The van der Waals surface area contributed by atoms with Gasteiger partial charge in [0.05, 0.1) is 6.54 Å². The molecule has 0 bridgehead atoms. The molecule has 0 unspecified atom stereocenters. The van der Waals surface area contributed by atoms with E-state index >= 15 is 0 Å². The summed E-state index contributed by atoms with van der Waals surface area (Å²) in [7, 11) is 0.456. The number of carbonyl (C=O) groups excluding carboxylic acids is 1. The van der Waals surface area contributed by atoms with E-state index in [9.17, 15) is 14.8 Å². The van der Waals surface area contributed by atoms with E-state index in [0.717, 1.165) is 40.4 Å². The fraction of sp³-hybridized carbons (Fsp3) is 0.258. The Hall–Kier alpha value is -4.01. The number of amides is 1. The van der Waals surface area contributed by atoms with Gasteiger partial charge >= 0.3 is 7.12 Å². The number of nitrogens with one attached hydrogen (secondary N) is 1. The van der Waals surface area contributed by atoms with Gasteiger partial charge in [0.25, 0.3) is 5.91 Å². The van der Waals surface area contributed by atoms with Crippen LogP contribution in [0.3, 0.4) is 0 Å². The number of benzene rings is 4. The number of piperidine rings is 1. The predicted molar refractivity (Wildman–Crippen MR) is 155 cm³/mol. The third-order valence-corrected chi connectivity index (χ3v) is 7.74. The van der Waals surface area contributed by atoms with Crippen LogP contribution < -0.4 is 10.4 Å². The quantitative estimate of drug-likeness (QED) is 0.232. The van der Waals surface area contributed by atoms with Gasteiger partial charge in [0, 0.05) is 37.9 Å². The van der Waals surface area contributed by atoms with Crippen LogP contribution in [0.25, 0.3) is 10.8 Å². The van der Waals surface area contributed by atoms with E-state index in [4.69, 9.17) is 5.53 Å². The third-order valence-electron chi connectivity index (χ3n) is 7.74. The van der Waals surface area contributed by atoms with Crippen molar-refractivity contribution in [1.29, 1.82) is 5.53 Å². The summed E-state index contributed by atoms with van der Waals surface area (Å²) in [5.41, 5.74) is 12.5. The number of rotatable bonds is 8. The number of hydrogen-bond donors (Lipinski definition) is 3. The van der Waals surface area contributed by atoms with Crippen molar-refractivity contribution in [3.05, 3.63) is 107 Å². The Bertz CT molecular complexity index is 1480. The van der Waals surface area contributed by atoms with Gasteiger partial charge in [-0.2, -0.15) is 5.11 Å². The lowest BCUT2D eigenvalue weighted by molar-refractivity contribution is 0.0715. The molecule has 0 atom stereocenters. The smallest absolute Gasteiger partial charge is 0.423 e. The fourth-order valence-corrected chi connectivity index (χ4v) is 5.59. The lowest BCUT2D eigenvalue weighted by Gasteiger charge is -2.32. The second-order valence-electron chi connectivity index (χ2n) is 10.3. The monoisotopic (exact) mass is 520 g/mol. The average Bonchev–Trinajstić information content (AvgIpc) is 2.97. The van der Waals surface area contributed by atoms with Crippen molar-refractivity contribution in [2.24, 2.45) is 5.11 Å². The SMILES string of the molecule is CN(Cc1ccccc1B(O)O)c1ccc2c(C(=O)N3CCC(c4cccc(CN=N)c4)CC3)cccc2c1. The van der Waals surface area contributed by atoms with Gasteiger partial charge in [0.2, 0.25) is 0 Å². The maximum absolute atomic E-state index is 13.6. The van der Waals surface area contributed by atoms with Crippen molar-refractivity contribution >= 4 is 34.9 Å². The molecule has 1 aliphatic rings. The van der Waals surface area contributed by atoms with Crippen molar-refractivity contribution in [3.63, 3.8) is 0 Å². The van der Waals surface area contributed by atoms with Gasteiger partial charge in [-0.15, -0.1) is 0 Å². The highest BCUT2D eigenvalue weighted by Crippen LogP contribution is 2.31. The molecule has 5 rings (SSSR count). The average molecular weight is 520 g/mol. The van der Waals surface area contributed by atoms with Crippen LogP contribution in [-0.4, -0.2) is 48.1 Å². The Morgan fingerprint density at radius 3 is 2.54 bits per heavy atom. The summed E-state index contributed by atoms with van der Waals surface area (Å²) in [4.78, 5) is 17.6. The van der Waals surface area contributed by atoms with E-state index in [1.165, 1.54) is 5.56 Å². The Balaban J connectivity index is 1.30. The van der Waals surface area contributed by atoms with Crippen LogP contribution in [0.2, 0.25) is 0 Å². The molecule has 0 aliphatic carbocycles. The zero-order chi connectivity index (χ0) is 27.4. The van der Waals surface area contributed by atoms with E-state index in [-0.39, 0.29) is 5.91 Å². The number of likely N-dealkylation sites (tertiary alicyclic amines) is 1. The van der Waals surface area contributed by atoms with E-state index in [0.29, 0.717) is 43.1 Å². The van der Waals surface area contributed by atoms with Crippen LogP contribution in [-0.2, 0) is 13.1 Å². The molecule has 0 aromatic heterocycles. The first-order chi connectivity index (χ1) is 18.9. The van der Waals surface area contributed by atoms with Crippen molar-refractivity contribution in [3.8, 4) is 0 Å². The van der Waals surface area contributed by atoms with Gasteiger partial charge in [-0.25, -0.2) is 5.53 Å².